The molecule has 1 saturated heterocycles. The molecule has 1 aromatic heterocycles. The molecular formula is C28H30BrN5O3. The standard InChI is InChI=1S/C28H30BrN5O3/c1-28(2,26(36)20-3-5-21(29)6-4-20)34-27(37)33(19-30-34)24-9-7-22(8-10-24)31-15-17-32(18-16-31)23-11-13-25(35)14-12-23/h3-14,19,26,35-36H,15-18H2,1-2H3. The van der Waals surface area contributed by atoms with Crippen molar-refractivity contribution >= 4 is 27.3 Å². The van der Waals surface area contributed by atoms with Crippen molar-refractivity contribution in [2.45, 2.75) is 25.5 Å². The van der Waals surface area contributed by atoms with Gasteiger partial charge in [-0.1, -0.05) is 28.1 Å². The van der Waals surface area contributed by atoms with E-state index in [0.717, 1.165) is 47.7 Å². The van der Waals surface area contributed by atoms with Crippen LogP contribution < -0.4 is 15.5 Å². The van der Waals surface area contributed by atoms with Crippen LogP contribution in [0.25, 0.3) is 5.69 Å². The van der Waals surface area contributed by atoms with E-state index in [1.54, 1.807) is 26.0 Å². The lowest BCUT2D eigenvalue weighted by molar-refractivity contribution is 0.0456. The van der Waals surface area contributed by atoms with Crippen LogP contribution >= 0.6 is 15.9 Å². The second kappa shape index (κ2) is 10.1. The molecule has 9 heteroatoms. The highest BCUT2D eigenvalue weighted by molar-refractivity contribution is 9.10. The zero-order chi connectivity index (χ0) is 26.2. The molecule has 5 rings (SSSR count). The van der Waals surface area contributed by atoms with E-state index in [4.69, 9.17) is 0 Å². The molecule has 3 aromatic carbocycles. The Balaban J connectivity index is 1.29. The summed E-state index contributed by atoms with van der Waals surface area (Å²) in [6.45, 7) is 7.13. The van der Waals surface area contributed by atoms with Gasteiger partial charge in [0.2, 0.25) is 0 Å². The van der Waals surface area contributed by atoms with Gasteiger partial charge in [0, 0.05) is 42.0 Å². The molecule has 0 saturated carbocycles. The molecule has 0 radical (unpaired) electrons. The number of phenolic OH excluding ortho intramolecular Hbond substituents is 1. The Labute approximate surface area is 224 Å². The Hall–Kier alpha value is -3.56. The lowest BCUT2D eigenvalue weighted by Crippen LogP contribution is -2.46. The number of aliphatic hydroxyl groups is 1. The molecule has 4 aromatic rings. The minimum Gasteiger partial charge on any atom is -0.508 e. The fourth-order valence-corrected chi connectivity index (χ4v) is 5.02. The molecule has 0 amide bonds. The predicted molar refractivity (Wildman–Crippen MR) is 149 cm³/mol. The lowest BCUT2D eigenvalue weighted by atomic mass is 9.91. The van der Waals surface area contributed by atoms with Crippen LogP contribution in [0.5, 0.6) is 5.75 Å². The quantitative estimate of drug-likeness (QED) is 0.364. The van der Waals surface area contributed by atoms with E-state index in [9.17, 15) is 15.0 Å². The van der Waals surface area contributed by atoms with Gasteiger partial charge in [0.1, 0.15) is 18.2 Å². The fourth-order valence-electron chi connectivity index (χ4n) is 4.76. The Morgan fingerprint density at radius 2 is 1.30 bits per heavy atom. The lowest BCUT2D eigenvalue weighted by Gasteiger charge is -2.37. The highest BCUT2D eigenvalue weighted by Crippen LogP contribution is 2.31. The Bertz CT molecular complexity index is 1400. The number of aromatic hydroxyl groups is 1. The van der Waals surface area contributed by atoms with Crippen LogP contribution in [0.2, 0.25) is 0 Å². The van der Waals surface area contributed by atoms with E-state index in [2.05, 4.69) is 30.8 Å². The number of hydrogen-bond acceptors (Lipinski definition) is 6. The number of aliphatic hydroxyl groups excluding tert-OH is 1. The molecule has 0 spiro atoms. The van der Waals surface area contributed by atoms with Gasteiger partial charge in [-0.05, 0) is 80.1 Å². The number of aromatic nitrogens is 3. The number of piperazine rings is 1. The third-order valence-corrected chi connectivity index (χ3v) is 7.59. The number of benzene rings is 3. The smallest absolute Gasteiger partial charge is 0.350 e. The zero-order valence-electron chi connectivity index (χ0n) is 20.8. The molecule has 2 heterocycles. The molecule has 1 unspecified atom stereocenters. The van der Waals surface area contributed by atoms with Gasteiger partial charge in [0.15, 0.2) is 0 Å². The summed E-state index contributed by atoms with van der Waals surface area (Å²) in [6.07, 6.45) is 0.591. The number of anilines is 2. The third kappa shape index (κ3) is 5.01. The molecule has 1 aliphatic rings. The van der Waals surface area contributed by atoms with E-state index < -0.39 is 11.6 Å². The van der Waals surface area contributed by atoms with Crippen molar-refractivity contribution in [1.82, 2.24) is 14.3 Å². The average molecular weight is 564 g/mol. The maximum absolute atomic E-state index is 13.3. The van der Waals surface area contributed by atoms with Gasteiger partial charge in [-0.3, -0.25) is 0 Å². The van der Waals surface area contributed by atoms with Crippen LogP contribution in [0.4, 0.5) is 11.4 Å². The van der Waals surface area contributed by atoms with Crippen LogP contribution in [-0.2, 0) is 5.54 Å². The van der Waals surface area contributed by atoms with Crippen LogP contribution in [-0.4, -0.2) is 50.7 Å². The van der Waals surface area contributed by atoms with Gasteiger partial charge in [0.25, 0.3) is 0 Å². The van der Waals surface area contributed by atoms with Crippen molar-refractivity contribution in [2.24, 2.45) is 0 Å². The van der Waals surface area contributed by atoms with Crippen molar-refractivity contribution in [3.63, 3.8) is 0 Å². The van der Waals surface area contributed by atoms with E-state index in [0.29, 0.717) is 5.56 Å². The van der Waals surface area contributed by atoms with Crippen molar-refractivity contribution in [3.05, 3.63) is 99.6 Å². The molecule has 0 aliphatic carbocycles. The second-order valence-electron chi connectivity index (χ2n) is 9.81. The minimum absolute atomic E-state index is 0.275. The van der Waals surface area contributed by atoms with Gasteiger partial charge < -0.3 is 20.0 Å². The maximum atomic E-state index is 13.3. The van der Waals surface area contributed by atoms with Crippen LogP contribution in [0.1, 0.15) is 25.5 Å². The van der Waals surface area contributed by atoms with Crippen LogP contribution in [0.15, 0.2) is 88.4 Å². The summed E-state index contributed by atoms with van der Waals surface area (Å²) in [5.41, 5.74) is 2.38. The van der Waals surface area contributed by atoms with E-state index in [1.165, 1.54) is 15.6 Å². The second-order valence-corrected chi connectivity index (χ2v) is 10.7. The largest absolute Gasteiger partial charge is 0.508 e. The fraction of sp³-hybridized carbons (Fsp3) is 0.286. The monoisotopic (exact) mass is 563 g/mol. The Kier molecular flexibility index (Phi) is 6.83. The Morgan fingerprint density at radius 1 is 0.811 bits per heavy atom. The number of halogens is 1. The summed E-state index contributed by atoms with van der Waals surface area (Å²) in [4.78, 5) is 17.9. The first-order valence-corrected chi connectivity index (χ1v) is 13.0. The summed E-state index contributed by atoms with van der Waals surface area (Å²) < 4.78 is 3.77. The van der Waals surface area contributed by atoms with Crippen molar-refractivity contribution < 1.29 is 10.2 Å². The normalized spacial score (nSPS) is 15.1. The number of rotatable bonds is 6. The van der Waals surface area contributed by atoms with Crippen LogP contribution in [0.3, 0.4) is 0 Å². The number of phenols is 1. The highest BCUT2D eigenvalue weighted by atomic mass is 79.9. The molecule has 2 N–H and O–H groups in total. The first-order valence-electron chi connectivity index (χ1n) is 12.2. The molecule has 37 heavy (non-hydrogen) atoms. The summed E-state index contributed by atoms with van der Waals surface area (Å²) in [5, 5.41) is 24.9. The van der Waals surface area contributed by atoms with Gasteiger partial charge in [-0.2, -0.15) is 5.10 Å². The summed E-state index contributed by atoms with van der Waals surface area (Å²) in [7, 11) is 0. The third-order valence-electron chi connectivity index (χ3n) is 7.06. The molecule has 0 bridgehead atoms. The van der Waals surface area contributed by atoms with Gasteiger partial charge in [-0.15, -0.1) is 0 Å². The number of nitrogens with zero attached hydrogens (tertiary/aromatic N) is 5. The molecule has 1 aliphatic heterocycles. The Morgan fingerprint density at radius 3 is 1.84 bits per heavy atom. The topological polar surface area (TPSA) is 86.8 Å². The van der Waals surface area contributed by atoms with Gasteiger partial charge >= 0.3 is 5.69 Å². The molecule has 1 fully saturated rings. The predicted octanol–water partition coefficient (Wildman–Crippen LogP) is 4.30. The molecule has 192 valence electrons. The van der Waals surface area contributed by atoms with E-state index in [-0.39, 0.29) is 11.4 Å². The molecule has 8 nitrogen and oxygen atoms in total. The summed E-state index contributed by atoms with van der Waals surface area (Å²) in [5.74, 6) is 0.275. The van der Waals surface area contributed by atoms with Gasteiger partial charge in [0.05, 0.1) is 11.2 Å². The number of hydrogen-bond donors (Lipinski definition) is 2. The van der Waals surface area contributed by atoms with Gasteiger partial charge in [-0.25, -0.2) is 14.0 Å². The maximum Gasteiger partial charge on any atom is 0.350 e. The summed E-state index contributed by atoms with van der Waals surface area (Å²) >= 11 is 3.41. The first-order chi connectivity index (χ1) is 17.7. The minimum atomic E-state index is -0.951. The van der Waals surface area contributed by atoms with Crippen molar-refractivity contribution in [2.75, 3.05) is 36.0 Å². The summed E-state index contributed by atoms with van der Waals surface area (Å²) in [6, 6.07) is 22.6. The van der Waals surface area contributed by atoms with E-state index >= 15 is 0 Å². The van der Waals surface area contributed by atoms with Crippen LogP contribution in [0, 0.1) is 0 Å². The van der Waals surface area contributed by atoms with Crippen molar-refractivity contribution in [1.29, 1.82) is 0 Å². The molecular weight excluding hydrogens is 534 g/mol. The van der Waals surface area contributed by atoms with E-state index in [1.807, 2.05) is 60.7 Å². The highest BCUT2D eigenvalue weighted by Gasteiger charge is 2.34. The SMILES string of the molecule is CC(C)(C(O)c1ccc(Br)cc1)n1ncn(-c2ccc(N3CCN(c4ccc(O)cc4)CC3)cc2)c1=O. The molecule has 1 atom stereocenters. The van der Waals surface area contributed by atoms with Crippen molar-refractivity contribution in [3.8, 4) is 11.4 Å². The zero-order valence-corrected chi connectivity index (χ0v) is 22.4. The first kappa shape index (κ1) is 25.1. The average Bonchev–Trinajstić information content (AvgIpc) is 3.31.